The van der Waals surface area contributed by atoms with Crippen molar-refractivity contribution in [2.75, 3.05) is 0 Å². The summed E-state index contributed by atoms with van der Waals surface area (Å²) in [5, 5.41) is 0. The summed E-state index contributed by atoms with van der Waals surface area (Å²) in [6.07, 6.45) is 5.24. The molecule has 2 aromatic rings. The maximum Gasteiger partial charge on any atom is -0.00819 e. The standard InChI is InChI=1S/C17H14/c1-2-13-7-9-15(10-8-13)17-12-11-14-5-3-4-6-16(14)17/h2-10,12H,1,11H2. The van der Waals surface area contributed by atoms with E-state index < -0.39 is 0 Å². The van der Waals surface area contributed by atoms with Crippen molar-refractivity contribution in [2.45, 2.75) is 6.42 Å². The molecular weight excluding hydrogens is 204 g/mol. The van der Waals surface area contributed by atoms with Gasteiger partial charge in [0, 0.05) is 0 Å². The molecule has 0 heterocycles. The fourth-order valence-corrected chi connectivity index (χ4v) is 2.36. The van der Waals surface area contributed by atoms with Gasteiger partial charge in [-0.2, -0.15) is 0 Å². The fraction of sp³-hybridized carbons (Fsp3) is 0.0588. The summed E-state index contributed by atoms with van der Waals surface area (Å²) >= 11 is 0. The van der Waals surface area contributed by atoms with Crippen LogP contribution in [0.15, 0.2) is 61.2 Å². The van der Waals surface area contributed by atoms with E-state index in [0.717, 1.165) is 6.42 Å². The zero-order valence-corrected chi connectivity index (χ0v) is 9.69. The lowest BCUT2D eigenvalue weighted by atomic mass is 9.98. The van der Waals surface area contributed by atoms with Gasteiger partial charge in [0.25, 0.3) is 0 Å². The maximum absolute atomic E-state index is 3.78. The van der Waals surface area contributed by atoms with Gasteiger partial charge in [-0.3, -0.25) is 0 Å². The van der Waals surface area contributed by atoms with E-state index in [1.807, 2.05) is 6.08 Å². The Morgan fingerprint density at radius 3 is 2.47 bits per heavy atom. The van der Waals surface area contributed by atoms with Crippen LogP contribution in [0.1, 0.15) is 22.3 Å². The number of allylic oxidation sites excluding steroid dienone is 1. The van der Waals surface area contributed by atoms with Crippen LogP contribution in [0, 0.1) is 0 Å². The van der Waals surface area contributed by atoms with Crippen LogP contribution in [0.3, 0.4) is 0 Å². The van der Waals surface area contributed by atoms with Gasteiger partial charge in [0.05, 0.1) is 0 Å². The van der Waals surface area contributed by atoms with Crippen molar-refractivity contribution in [1.29, 1.82) is 0 Å². The van der Waals surface area contributed by atoms with Gasteiger partial charge >= 0.3 is 0 Å². The van der Waals surface area contributed by atoms with Crippen molar-refractivity contribution in [1.82, 2.24) is 0 Å². The second-order valence-corrected chi connectivity index (χ2v) is 4.31. The molecule has 0 aromatic heterocycles. The van der Waals surface area contributed by atoms with Crippen molar-refractivity contribution < 1.29 is 0 Å². The van der Waals surface area contributed by atoms with Gasteiger partial charge in [-0.05, 0) is 34.2 Å². The van der Waals surface area contributed by atoms with Crippen molar-refractivity contribution in [2.24, 2.45) is 0 Å². The van der Waals surface area contributed by atoms with Crippen LogP contribution in [-0.4, -0.2) is 0 Å². The number of hydrogen-bond donors (Lipinski definition) is 0. The van der Waals surface area contributed by atoms with Crippen molar-refractivity contribution in [3.8, 4) is 0 Å². The zero-order valence-electron chi connectivity index (χ0n) is 9.69. The second-order valence-electron chi connectivity index (χ2n) is 4.31. The summed E-state index contributed by atoms with van der Waals surface area (Å²) in [6.45, 7) is 3.78. The Balaban J connectivity index is 2.03. The van der Waals surface area contributed by atoms with Gasteiger partial charge in [0.2, 0.25) is 0 Å². The van der Waals surface area contributed by atoms with Crippen LogP contribution in [-0.2, 0) is 6.42 Å². The largest absolute Gasteiger partial charge is 0.0985 e. The molecule has 17 heavy (non-hydrogen) atoms. The summed E-state index contributed by atoms with van der Waals surface area (Å²) in [5.41, 5.74) is 6.62. The summed E-state index contributed by atoms with van der Waals surface area (Å²) in [4.78, 5) is 0. The molecule has 1 aliphatic rings. The molecule has 0 saturated carbocycles. The molecule has 2 aromatic carbocycles. The van der Waals surface area contributed by atoms with Gasteiger partial charge < -0.3 is 0 Å². The summed E-state index contributed by atoms with van der Waals surface area (Å²) in [5.74, 6) is 0. The molecule has 0 N–H and O–H groups in total. The normalized spacial score (nSPS) is 13.1. The van der Waals surface area contributed by atoms with Gasteiger partial charge in [-0.15, -0.1) is 0 Å². The maximum atomic E-state index is 3.78. The van der Waals surface area contributed by atoms with E-state index in [0.29, 0.717) is 0 Å². The lowest BCUT2D eigenvalue weighted by Crippen LogP contribution is -1.86. The fourth-order valence-electron chi connectivity index (χ4n) is 2.36. The highest BCUT2D eigenvalue weighted by Crippen LogP contribution is 2.32. The highest BCUT2D eigenvalue weighted by Gasteiger charge is 2.14. The minimum Gasteiger partial charge on any atom is -0.0985 e. The number of hydrogen-bond acceptors (Lipinski definition) is 0. The van der Waals surface area contributed by atoms with Crippen molar-refractivity contribution >= 4 is 11.6 Å². The number of fused-ring (bicyclic) bond motifs is 1. The lowest BCUT2D eigenvalue weighted by Gasteiger charge is -2.06. The van der Waals surface area contributed by atoms with E-state index in [-0.39, 0.29) is 0 Å². The Labute approximate surface area is 102 Å². The molecule has 0 aliphatic heterocycles. The third kappa shape index (κ3) is 1.72. The molecule has 82 valence electrons. The van der Waals surface area contributed by atoms with Gasteiger partial charge in [0.1, 0.15) is 0 Å². The molecular formula is C17H14. The molecule has 0 amide bonds. The van der Waals surface area contributed by atoms with Crippen molar-refractivity contribution in [3.05, 3.63) is 83.4 Å². The highest BCUT2D eigenvalue weighted by atomic mass is 14.2. The molecule has 0 atom stereocenters. The Morgan fingerprint density at radius 2 is 1.71 bits per heavy atom. The van der Waals surface area contributed by atoms with Crippen LogP contribution in [0.25, 0.3) is 11.6 Å². The summed E-state index contributed by atoms with van der Waals surface area (Å²) in [6, 6.07) is 17.2. The van der Waals surface area contributed by atoms with E-state index in [1.165, 1.54) is 27.8 Å². The van der Waals surface area contributed by atoms with Gasteiger partial charge in [-0.1, -0.05) is 67.3 Å². The first-order chi connectivity index (χ1) is 8.38. The van der Waals surface area contributed by atoms with E-state index in [2.05, 4.69) is 61.2 Å². The summed E-state index contributed by atoms with van der Waals surface area (Å²) in [7, 11) is 0. The molecule has 0 spiro atoms. The average Bonchev–Trinajstić information content (AvgIpc) is 2.83. The molecule has 0 bridgehead atoms. The molecule has 0 unspecified atom stereocenters. The molecule has 0 heteroatoms. The first-order valence-corrected chi connectivity index (χ1v) is 5.90. The predicted molar refractivity (Wildman–Crippen MR) is 73.8 cm³/mol. The first kappa shape index (κ1) is 10.1. The Morgan fingerprint density at radius 1 is 0.941 bits per heavy atom. The molecule has 0 nitrogen and oxygen atoms in total. The molecule has 0 saturated heterocycles. The smallest absolute Gasteiger partial charge is 0.00819 e. The van der Waals surface area contributed by atoms with Crippen LogP contribution in [0.4, 0.5) is 0 Å². The van der Waals surface area contributed by atoms with Gasteiger partial charge in [-0.25, -0.2) is 0 Å². The molecule has 3 rings (SSSR count). The van der Waals surface area contributed by atoms with E-state index in [4.69, 9.17) is 0 Å². The number of benzene rings is 2. The minimum atomic E-state index is 1.05. The average molecular weight is 218 g/mol. The molecule has 0 radical (unpaired) electrons. The van der Waals surface area contributed by atoms with Crippen molar-refractivity contribution in [3.63, 3.8) is 0 Å². The Kier molecular flexibility index (Phi) is 2.41. The Bertz CT molecular complexity index is 586. The second kappa shape index (κ2) is 4.06. The zero-order chi connectivity index (χ0) is 11.7. The third-order valence-electron chi connectivity index (χ3n) is 3.29. The monoisotopic (exact) mass is 218 g/mol. The summed E-state index contributed by atoms with van der Waals surface area (Å²) < 4.78 is 0. The van der Waals surface area contributed by atoms with Crippen LogP contribution in [0.5, 0.6) is 0 Å². The van der Waals surface area contributed by atoms with Crippen LogP contribution >= 0.6 is 0 Å². The Hall–Kier alpha value is -2.08. The first-order valence-electron chi connectivity index (χ1n) is 5.90. The van der Waals surface area contributed by atoms with E-state index in [9.17, 15) is 0 Å². The van der Waals surface area contributed by atoms with Gasteiger partial charge in [0.15, 0.2) is 0 Å². The SMILES string of the molecule is C=Cc1ccc(C2=CCc3ccccc32)cc1. The highest BCUT2D eigenvalue weighted by molar-refractivity contribution is 5.84. The molecule has 0 fully saturated rings. The van der Waals surface area contributed by atoms with Crippen LogP contribution < -0.4 is 0 Å². The third-order valence-corrected chi connectivity index (χ3v) is 3.29. The topological polar surface area (TPSA) is 0 Å². The van der Waals surface area contributed by atoms with Crippen LogP contribution in [0.2, 0.25) is 0 Å². The minimum absolute atomic E-state index is 1.05. The molecule has 1 aliphatic carbocycles. The van der Waals surface area contributed by atoms with E-state index in [1.54, 1.807) is 0 Å². The lowest BCUT2D eigenvalue weighted by molar-refractivity contribution is 1.31. The quantitative estimate of drug-likeness (QED) is 0.704. The van der Waals surface area contributed by atoms with E-state index >= 15 is 0 Å². The number of rotatable bonds is 2. The predicted octanol–water partition coefficient (Wildman–Crippen LogP) is 4.32.